The Balaban J connectivity index is 1.76. The van der Waals surface area contributed by atoms with Crippen molar-refractivity contribution >= 4 is 11.5 Å². The number of hydrogen-bond acceptors (Lipinski definition) is 3. The van der Waals surface area contributed by atoms with Gasteiger partial charge in [0.05, 0.1) is 12.7 Å². The van der Waals surface area contributed by atoms with E-state index in [4.69, 9.17) is 10.00 Å². The van der Waals surface area contributed by atoms with E-state index in [0.29, 0.717) is 18.7 Å². The molecule has 0 saturated carbocycles. The Labute approximate surface area is 145 Å². The van der Waals surface area contributed by atoms with Crippen LogP contribution in [0, 0.1) is 17.1 Å². The first kappa shape index (κ1) is 16.7. The van der Waals surface area contributed by atoms with Crippen LogP contribution >= 0.6 is 0 Å². The largest absolute Gasteiger partial charge is 0.497 e. The van der Waals surface area contributed by atoms with Gasteiger partial charge in [0.15, 0.2) is 0 Å². The minimum Gasteiger partial charge on any atom is -0.497 e. The Hall–Kier alpha value is -3.13. The summed E-state index contributed by atoms with van der Waals surface area (Å²) < 4.78 is 18.7. The highest BCUT2D eigenvalue weighted by atomic mass is 19.1. The van der Waals surface area contributed by atoms with Crippen molar-refractivity contribution in [2.75, 3.05) is 20.2 Å². The summed E-state index contributed by atoms with van der Waals surface area (Å²) in [5.74, 6) is -0.0115. The molecule has 0 saturated heterocycles. The fourth-order valence-corrected chi connectivity index (χ4v) is 2.87. The van der Waals surface area contributed by atoms with Crippen molar-refractivity contribution in [2.45, 2.75) is 6.42 Å². The van der Waals surface area contributed by atoms with Gasteiger partial charge in [0.25, 0.3) is 5.91 Å². The van der Waals surface area contributed by atoms with E-state index in [9.17, 15) is 9.18 Å². The molecule has 0 aromatic heterocycles. The van der Waals surface area contributed by atoms with Crippen LogP contribution in [0.4, 0.5) is 4.39 Å². The molecule has 126 valence electrons. The summed E-state index contributed by atoms with van der Waals surface area (Å²) in [5.41, 5.74) is 2.46. The van der Waals surface area contributed by atoms with Gasteiger partial charge in [0.2, 0.25) is 0 Å². The van der Waals surface area contributed by atoms with Crippen molar-refractivity contribution in [3.63, 3.8) is 0 Å². The predicted molar refractivity (Wildman–Crippen MR) is 92.6 cm³/mol. The smallest absolute Gasteiger partial charge is 0.254 e. The van der Waals surface area contributed by atoms with Gasteiger partial charge in [0.1, 0.15) is 17.6 Å². The number of hydrogen-bond donors (Lipinski definition) is 0. The summed E-state index contributed by atoms with van der Waals surface area (Å²) >= 11 is 0. The number of rotatable bonds is 3. The third-order valence-corrected chi connectivity index (χ3v) is 4.27. The molecule has 0 bridgehead atoms. The van der Waals surface area contributed by atoms with Crippen molar-refractivity contribution in [3.8, 4) is 11.8 Å². The molecule has 1 aliphatic rings. The topological polar surface area (TPSA) is 53.3 Å². The first-order valence-corrected chi connectivity index (χ1v) is 7.95. The number of benzene rings is 2. The highest BCUT2D eigenvalue weighted by Crippen LogP contribution is 2.26. The lowest BCUT2D eigenvalue weighted by Gasteiger charge is -2.27. The second-order valence-corrected chi connectivity index (χ2v) is 5.77. The van der Waals surface area contributed by atoms with Crippen molar-refractivity contribution in [2.24, 2.45) is 0 Å². The van der Waals surface area contributed by atoms with Gasteiger partial charge < -0.3 is 9.64 Å². The maximum Gasteiger partial charge on any atom is 0.254 e. The van der Waals surface area contributed by atoms with Gasteiger partial charge in [0, 0.05) is 18.7 Å². The molecule has 2 aromatic rings. The lowest BCUT2D eigenvalue weighted by molar-refractivity contribution is 0.0773. The highest BCUT2D eigenvalue weighted by molar-refractivity contribution is 5.95. The van der Waals surface area contributed by atoms with E-state index in [-0.39, 0.29) is 11.5 Å². The number of ether oxygens (including phenoxy) is 1. The van der Waals surface area contributed by atoms with Gasteiger partial charge in [-0.2, -0.15) is 5.26 Å². The fraction of sp³-hybridized carbons (Fsp3) is 0.200. The molecule has 0 fully saturated rings. The summed E-state index contributed by atoms with van der Waals surface area (Å²) in [6.45, 7) is 1.05. The van der Waals surface area contributed by atoms with E-state index in [1.165, 1.54) is 17.7 Å². The molecule has 1 heterocycles. The molecule has 0 radical (unpaired) electrons. The number of methoxy groups -OCH3 is 1. The van der Waals surface area contributed by atoms with E-state index in [1.807, 2.05) is 30.3 Å². The molecule has 3 rings (SSSR count). The second kappa shape index (κ2) is 7.18. The Morgan fingerprint density at radius 1 is 1.28 bits per heavy atom. The number of carbonyl (C=O) groups excluding carboxylic acids is 1. The fourth-order valence-electron chi connectivity index (χ4n) is 2.87. The summed E-state index contributed by atoms with van der Waals surface area (Å²) in [6, 6.07) is 13.5. The summed E-state index contributed by atoms with van der Waals surface area (Å²) in [5, 5.41) is 8.90. The predicted octanol–water partition coefficient (Wildman–Crippen LogP) is 3.64. The van der Waals surface area contributed by atoms with Gasteiger partial charge in [-0.25, -0.2) is 4.39 Å². The van der Waals surface area contributed by atoms with Crippen molar-refractivity contribution in [1.82, 2.24) is 4.90 Å². The van der Waals surface area contributed by atoms with Crippen LogP contribution in [0.2, 0.25) is 0 Å². The summed E-state index contributed by atoms with van der Waals surface area (Å²) in [7, 11) is 1.63. The van der Waals surface area contributed by atoms with Crippen LogP contribution in [-0.2, 0) is 0 Å². The van der Waals surface area contributed by atoms with Crippen molar-refractivity contribution in [3.05, 3.63) is 71.0 Å². The standard InChI is InChI=1S/C20H17FN2O2/c1-25-18-4-2-3-15(12-18)14-7-9-23(10-8-14)20(24)16-5-6-19(21)17(11-16)13-22/h2-7,11-12H,8-10H2,1H3. The zero-order valence-corrected chi connectivity index (χ0v) is 13.8. The number of halogens is 1. The van der Waals surface area contributed by atoms with Crippen LogP contribution in [0.3, 0.4) is 0 Å². The van der Waals surface area contributed by atoms with Crippen LogP contribution in [0.15, 0.2) is 48.5 Å². The maximum atomic E-state index is 13.4. The Bertz CT molecular complexity index is 884. The number of nitriles is 1. The molecule has 0 aliphatic carbocycles. The molecule has 2 aromatic carbocycles. The molecule has 25 heavy (non-hydrogen) atoms. The SMILES string of the molecule is COc1cccc(C2=CCN(C(=O)c3ccc(F)c(C#N)c3)CC2)c1. The zero-order valence-electron chi connectivity index (χ0n) is 13.8. The highest BCUT2D eigenvalue weighted by Gasteiger charge is 2.20. The van der Waals surface area contributed by atoms with E-state index < -0.39 is 5.82 Å². The van der Waals surface area contributed by atoms with Crippen LogP contribution in [0.25, 0.3) is 5.57 Å². The van der Waals surface area contributed by atoms with E-state index in [0.717, 1.165) is 23.8 Å². The van der Waals surface area contributed by atoms with Gasteiger partial charge in [-0.1, -0.05) is 18.2 Å². The molecular weight excluding hydrogens is 319 g/mol. The first-order valence-electron chi connectivity index (χ1n) is 7.95. The molecular formula is C20H17FN2O2. The maximum absolute atomic E-state index is 13.4. The van der Waals surface area contributed by atoms with E-state index in [1.54, 1.807) is 18.1 Å². The lowest BCUT2D eigenvalue weighted by atomic mass is 9.98. The molecule has 1 amide bonds. The average molecular weight is 336 g/mol. The first-order chi connectivity index (χ1) is 12.1. The van der Waals surface area contributed by atoms with Gasteiger partial charge in [-0.3, -0.25) is 4.79 Å². The molecule has 1 aliphatic heterocycles. The lowest BCUT2D eigenvalue weighted by Crippen LogP contribution is -2.34. The molecule has 0 unspecified atom stereocenters. The minimum absolute atomic E-state index is 0.115. The Morgan fingerprint density at radius 2 is 2.12 bits per heavy atom. The summed E-state index contributed by atoms with van der Waals surface area (Å²) in [6.07, 6.45) is 2.75. The normalized spacial score (nSPS) is 13.8. The Morgan fingerprint density at radius 3 is 2.80 bits per heavy atom. The van der Waals surface area contributed by atoms with E-state index in [2.05, 4.69) is 0 Å². The Kier molecular flexibility index (Phi) is 4.80. The average Bonchev–Trinajstić information content (AvgIpc) is 2.68. The summed E-state index contributed by atoms with van der Waals surface area (Å²) in [4.78, 5) is 14.3. The molecule has 0 atom stereocenters. The quantitative estimate of drug-likeness (QED) is 0.860. The molecule has 4 nitrogen and oxygen atoms in total. The van der Waals surface area contributed by atoms with E-state index >= 15 is 0 Å². The monoisotopic (exact) mass is 336 g/mol. The number of nitrogens with zero attached hydrogens (tertiary/aromatic N) is 2. The van der Waals surface area contributed by atoms with Crippen LogP contribution < -0.4 is 4.74 Å². The number of carbonyl (C=O) groups is 1. The van der Waals surface area contributed by atoms with Crippen molar-refractivity contribution in [1.29, 1.82) is 5.26 Å². The third kappa shape index (κ3) is 3.53. The van der Waals surface area contributed by atoms with Crippen molar-refractivity contribution < 1.29 is 13.9 Å². The molecule has 0 spiro atoms. The molecule has 5 heteroatoms. The minimum atomic E-state index is -0.613. The second-order valence-electron chi connectivity index (χ2n) is 5.77. The van der Waals surface area contributed by atoms with Crippen LogP contribution in [0.1, 0.15) is 27.9 Å². The third-order valence-electron chi connectivity index (χ3n) is 4.27. The zero-order chi connectivity index (χ0) is 17.8. The van der Waals surface area contributed by atoms with Gasteiger partial charge in [-0.05, 0) is 47.9 Å². The van der Waals surface area contributed by atoms with Gasteiger partial charge in [-0.15, -0.1) is 0 Å². The van der Waals surface area contributed by atoms with Crippen LogP contribution in [0.5, 0.6) is 5.75 Å². The number of amides is 1. The molecule has 0 N–H and O–H groups in total. The van der Waals surface area contributed by atoms with Gasteiger partial charge >= 0.3 is 0 Å². The van der Waals surface area contributed by atoms with Crippen LogP contribution in [-0.4, -0.2) is 31.0 Å².